The molecular weight excluding hydrogens is 232 g/mol. The second kappa shape index (κ2) is 5.35. The van der Waals surface area contributed by atoms with Crippen LogP contribution in [0.5, 0.6) is 0 Å². The molecule has 0 bridgehead atoms. The number of hydrogen-bond acceptors (Lipinski definition) is 4. The van der Waals surface area contributed by atoms with Crippen LogP contribution in [0.1, 0.15) is 11.7 Å². The van der Waals surface area contributed by atoms with Crippen LogP contribution >= 0.6 is 35.3 Å². The van der Waals surface area contributed by atoms with Gasteiger partial charge in [0.05, 0.1) is 4.58 Å². The zero-order chi connectivity index (χ0) is 9.80. The molecule has 1 N–H and O–H groups in total. The first-order chi connectivity index (χ1) is 6.88. The van der Waals surface area contributed by atoms with Crippen LogP contribution in [0, 0.1) is 0 Å². The van der Waals surface area contributed by atoms with E-state index >= 15 is 0 Å². The molecule has 0 spiro atoms. The van der Waals surface area contributed by atoms with E-state index in [1.807, 2.05) is 65.6 Å². The molecular formula is C10H12OS3. The molecule has 2 rings (SSSR count). The summed E-state index contributed by atoms with van der Waals surface area (Å²) in [7, 11) is 0. The van der Waals surface area contributed by atoms with Crippen LogP contribution in [0.4, 0.5) is 0 Å². The van der Waals surface area contributed by atoms with Crippen LogP contribution in [0.25, 0.3) is 0 Å². The number of aliphatic hydroxyl groups excluding tert-OH is 1. The van der Waals surface area contributed by atoms with Crippen LogP contribution in [-0.4, -0.2) is 19.9 Å². The Morgan fingerprint density at radius 3 is 2.43 bits per heavy atom. The van der Waals surface area contributed by atoms with Crippen molar-refractivity contribution in [1.82, 2.24) is 0 Å². The van der Waals surface area contributed by atoms with Crippen molar-refractivity contribution in [3.8, 4) is 0 Å². The number of rotatable bonds is 2. The lowest BCUT2D eigenvalue weighted by atomic mass is 10.1. The summed E-state index contributed by atoms with van der Waals surface area (Å²) < 4.78 is 0.304. The maximum absolute atomic E-state index is 10.1. The fourth-order valence-corrected chi connectivity index (χ4v) is 6.09. The molecule has 1 unspecified atom stereocenters. The van der Waals surface area contributed by atoms with Gasteiger partial charge in [-0.15, -0.1) is 35.3 Å². The fourth-order valence-electron chi connectivity index (χ4n) is 1.30. The Morgan fingerprint density at radius 1 is 1.14 bits per heavy atom. The van der Waals surface area contributed by atoms with E-state index in [1.165, 1.54) is 0 Å². The van der Waals surface area contributed by atoms with E-state index < -0.39 is 0 Å². The molecule has 0 saturated carbocycles. The molecule has 1 aliphatic heterocycles. The normalized spacial score (nSPS) is 20.6. The van der Waals surface area contributed by atoms with Crippen molar-refractivity contribution in [3.63, 3.8) is 0 Å². The van der Waals surface area contributed by atoms with Gasteiger partial charge in [-0.05, 0) is 5.56 Å². The van der Waals surface area contributed by atoms with Gasteiger partial charge in [0, 0.05) is 10.2 Å². The lowest BCUT2D eigenvalue weighted by Crippen LogP contribution is -2.14. The third kappa shape index (κ3) is 2.63. The molecule has 1 atom stereocenters. The first-order valence-corrected chi connectivity index (χ1v) is 7.67. The second-order valence-corrected chi connectivity index (χ2v) is 7.27. The average Bonchev–Trinajstić information content (AvgIpc) is 2.30. The Morgan fingerprint density at radius 2 is 1.79 bits per heavy atom. The quantitative estimate of drug-likeness (QED) is 0.862. The molecule has 0 amide bonds. The summed E-state index contributed by atoms with van der Waals surface area (Å²) in [5, 5.41) is 12.3. The summed E-state index contributed by atoms with van der Waals surface area (Å²) in [4.78, 5) is 0. The summed E-state index contributed by atoms with van der Waals surface area (Å²) in [6.45, 7) is 0. The number of thioether (sulfide) groups is 3. The van der Waals surface area contributed by atoms with E-state index in [4.69, 9.17) is 0 Å². The Kier molecular flexibility index (Phi) is 4.10. The van der Waals surface area contributed by atoms with Gasteiger partial charge in [0.25, 0.3) is 0 Å². The minimum absolute atomic E-state index is 0.304. The molecule has 0 aromatic heterocycles. The molecule has 1 aliphatic rings. The maximum Gasteiger partial charge on any atom is 0.100 e. The van der Waals surface area contributed by atoms with E-state index in [1.54, 1.807) is 0 Å². The Bertz CT molecular complexity index is 272. The smallest absolute Gasteiger partial charge is 0.100 e. The van der Waals surface area contributed by atoms with E-state index in [2.05, 4.69) is 0 Å². The van der Waals surface area contributed by atoms with Crippen LogP contribution in [0.15, 0.2) is 30.3 Å². The minimum atomic E-state index is -0.327. The van der Waals surface area contributed by atoms with E-state index in [0.717, 1.165) is 15.7 Å². The maximum atomic E-state index is 10.1. The van der Waals surface area contributed by atoms with Gasteiger partial charge < -0.3 is 5.11 Å². The predicted octanol–water partition coefficient (Wildman–Crippen LogP) is 3.17. The number of aliphatic hydroxyl groups is 1. The van der Waals surface area contributed by atoms with Gasteiger partial charge >= 0.3 is 0 Å². The Balaban J connectivity index is 2.03. The van der Waals surface area contributed by atoms with Crippen LogP contribution in [-0.2, 0) is 0 Å². The largest absolute Gasteiger partial charge is 0.386 e. The standard InChI is InChI=1S/C10H12OS3/c11-9(8-4-2-1-3-5-8)10-13-6-12-7-14-10/h1-5,9-11H,6-7H2. The second-order valence-electron chi connectivity index (χ2n) is 3.00. The summed E-state index contributed by atoms with van der Waals surface area (Å²) in [6, 6.07) is 9.92. The lowest BCUT2D eigenvalue weighted by molar-refractivity contribution is 0.196. The summed E-state index contributed by atoms with van der Waals surface area (Å²) in [5.74, 6) is 0. The van der Waals surface area contributed by atoms with Gasteiger partial charge in [-0.2, -0.15) is 0 Å². The third-order valence-electron chi connectivity index (χ3n) is 2.03. The van der Waals surface area contributed by atoms with Crippen molar-refractivity contribution < 1.29 is 5.11 Å². The third-order valence-corrected chi connectivity index (χ3v) is 6.44. The van der Waals surface area contributed by atoms with Gasteiger partial charge in [0.2, 0.25) is 0 Å². The summed E-state index contributed by atoms with van der Waals surface area (Å²) in [5.41, 5.74) is 1.03. The van der Waals surface area contributed by atoms with E-state index in [-0.39, 0.29) is 6.10 Å². The fraction of sp³-hybridized carbons (Fsp3) is 0.400. The van der Waals surface area contributed by atoms with Gasteiger partial charge in [-0.3, -0.25) is 0 Å². The highest BCUT2D eigenvalue weighted by molar-refractivity contribution is 8.32. The molecule has 1 aromatic rings. The number of hydrogen-bond donors (Lipinski definition) is 1. The first-order valence-electron chi connectivity index (χ1n) is 4.42. The van der Waals surface area contributed by atoms with Crippen LogP contribution < -0.4 is 0 Å². The first kappa shape index (κ1) is 10.7. The molecule has 1 nitrogen and oxygen atoms in total. The molecule has 1 fully saturated rings. The van der Waals surface area contributed by atoms with Crippen LogP contribution in [0.3, 0.4) is 0 Å². The molecule has 1 aromatic carbocycles. The highest BCUT2D eigenvalue weighted by atomic mass is 32.3. The lowest BCUT2D eigenvalue weighted by Gasteiger charge is -2.25. The van der Waals surface area contributed by atoms with Crippen molar-refractivity contribution in [2.24, 2.45) is 0 Å². The van der Waals surface area contributed by atoms with Crippen LogP contribution in [0.2, 0.25) is 0 Å². The summed E-state index contributed by atoms with van der Waals surface area (Å²) >= 11 is 5.61. The average molecular weight is 244 g/mol. The van der Waals surface area contributed by atoms with Crippen molar-refractivity contribution in [3.05, 3.63) is 35.9 Å². The molecule has 1 heterocycles. The zero-order valence-corrected chi connectivity index (χ0v) is 10.1. The van der Waals surface area contributed by atoms with Gasteiger partial charge in [-0.25, -0.2) is 0 Å². The van der Waals surface area contributed by atoms with Gasteiger partial charge in [0.15, 0.2) is 0 Å². The zero-order valence-electron chi connectivity index (χ0n) is 7.63. The van der Waals surface area contributed by atoms with Gasteiger partial charge in [-0.1, -0.05) is 30.3 Å². The Hall–Kier alpha value is 0.230. The molecule has 0 aliphatic carbocycles. The van der Waals surface area contributed by atoms with Crippen molar-refractivity contribution >= 4 is 35.3 Å². The van der Waals surface area contributed by atoms with E-state index in [0.29, 0.717) is 4.58 Å². The summed E-state index contributed by atoms with van der Waals surface area (Å²) in [6.07, 6.45) is -0.327. The molecule has 4 heteroatoms. The van der Waals surface area contributed by atoms with Crippen molar-refractivity contribution in [1.29, 1.82) is 0 Å². The van der Waals surface area contributed by atoms with Crippen molar-refractivity contribution in [2.75, 3.05) is 10.2 Å². The van der Waals surface area contributed by atoms with Crippen molar-refractivity contribution in [2.45, 2.75) is 10.7 Å². The molecule has 76 valence electrons. The molecule has 1 saturated heterocycles. The monoisotopic (exact) mass is 244 g/mol. The highest BCUT2D eigenvalue weighted by Gasteiger charge is 2.24. The van der Waals surface area contributed by atoms with Gasteiger partial charge in [0.1, 0.15) is 6.10 Å². The van der Waals surface area contributed by atoms with E-state index in [9.17, 15) is 5.11 Å². The Labute approximate surface area is 97.0 Å². The highest BCUT2D eigenvalue weighted by Crippen LogP contribution is 2.42. The predicted molar refractivity (Wildman–Crippen MR) is 67.7 cm³/mol. The molecule has 0 radical (unpaired) electrons. The number of benzene rings is 1. The SMILES string of the molecule is OC(c1ccccc1)C1SCSCS1. The molecule has 14 heavy (non-hydrogen) atoms. The topological polar surface area (TPSA) is 20.2 Å². The minimum Gasteiger partial charge on any atom is -0.386 e.